The maximum Gasteiger partial charge on any atom is 0.173 e. The predicted molar refractivity (Wildman–Crippen MR) is 109 cm³/mol. The van der Waals surface area contributed by atoms with Crippen LogP contribution in [0.3, 0.4) is 0 Å². The summed E-state index contributed by atoms with van der Waals surface area (Å²) in [6.45, 7) is 9.54. The van der Waals surface area contributed by atoms with Gasteiger partial charge in [-0.1, -0.05) is 0 Å². The first kappa shape index (κ1) is 18.7. The Hall–Kier alpha value is -2.12. The number of thiocarbonyl (C=S) groups is 1. The summed E-state index contributed by atoms with van der Waals surface area (Å²) < 4.78 is 7.36. The van der Waals surface area contributed by atoms with Gasteiger partial charge in [-0.3, -0.25) is 9.58 Å². The second-order valence-corrected chi connectivity index (χ2v) is 6.95. The fraction of sp³-hybridized carbons (Fsp3) is 0.474. The van der Waals surface area contributed by atoms with Gasteiger partial charge in [-0.05, 0) is 50.3 Å². The molecule has 1 fully saturated rings. The molecule has 1 N–H and O–H groups in total. The molecule has 0 bridgehead atoms. The third kappa shape index (κ3) is 4.74. The van der Waals surface area contributed by atoms with Gasteiger partial charge in [-0.15, -0.1) is 0 Å². The lowest BCUT2D eigenvalue weighted by atomic mass is 10.2. The smallest absolute Gasteiger partial charge is 0.173 e. The van der Waals surface area contributed by atoms with Crippen molar-refractivity contribution >= 4 is 23.0 Å². The number of ether oxygens (including phenoxy) is 1. The highest BCUT2D eigenvalue weighted by molar-refractivity contribution is 7.80. The molecule has 0 unspecified atom stereocenters. The second-order valence-electron chi connectivity index (χ2n) is 6.56. The molecule has 26 heavy (non-hydrogen) atoms. The summed E-state index contributed by atoms with van der Waals surface area (Å²) in [5.41, 5.74) is 3.41. The third-order valence-corrected chi connectivity index (χ3v) is 4.95. The van der Waals surface area contributed by atoms with Gasteiger partial charge in [-0.2, -0.15) is 5.10 Å². The molecular formula is C19H27N5OS. The van der Waals surface area contributed by atoms with E-state index in [1.54, 1.807) is 0 Å². The number of rotatable bonds is 5. The monoisotopic (exact) mass is 373 g/mol. The van der Waals surface area contributed by atoms with E-state index in [1.165, 1.54) is 5.56 Å². The van der Waals surface area contributed by atoms with Crippen LogP contribution in [0.5, 0.6) is 5.75 Å². The van der Waals surface area contributed by atoms with Crippen molar-refractivity contribution in [2.45, 2.75) is 20.4 Å². The standard InChI is InChI=1S/C19H27N5OS/c1-4-25-18-7-5-17(6-8-18)20-19(26)24-11-9-23(10-12-24)14-16-13-22(3)21-15(16)2/h5-8,13H,4,9-12,14H2,1-3H3,(H,20,26). The highest BCUT2D eigenvalue weighted by Gasteiger charge is 2.20. The number of hydrogen-bond acceptors (Lipinski definition) is 4. The lowest BCUT2D eigenvalue weighted by Crippen LogP contribution is -2.49. The number of anilines is 1. The lowest BCUT2D eigenvalue weighted by Gasteiger charge is -2.36. The molecule has 0 amide bonds. The quantitative estimate of drug-likeness (QED) is 0.813. The number of piperazine rings is 1. The van der Waals surface area contributed by atoms with Crippen molar-refractivity contribution in [3.05, 3.63) is 41.7 Å². The van der Waals surface area contributed by atoms with Crippen molar-refractivity contribution in [2.75, 3.05) is 38.1 Å². The van der Waals surface area contributed by atoms with E-state index in [1.807, 2.05) is 42.9 Å². The number of nitrogens with one attached hydrogen (secondary N) is 1. The van der Waals surface area contributed by atoms with Gasteiger partial charge in [0.1, 0.15) is 5.75 Å². The molecule has 0 spiro atoms. The molecule has 140 valence electrons. The van der Waals surface area contributed by atoms with E-state index in [9.17, 15) is 0 Å². The number of nitrogens with zero attached hydrogens (tertiary/aromatic N) is 4. The van der Waals surface area contributed by atoms with Gasteiger partial charge in [0, 0.05) is 57.2 Å². The summed E-state index contributed by atoms with van der Waals surface area (Å²) in [5, 5.41) is 8.54. The Bertz CT molecular complexity index is 735. The molecule has 2 aromatic rings. The summed E-state index contributed by atoms with van der Waals surface area (Å²) in [4.78, 5) is 4.69. The van der Waals surface area contributed by atoms with Crippen LogP contribution in [0.15, 0.2) is 30.5 Å². The number of aromatic nitrogens is 2. The first-order valence-corrected chi connectivity index (χ1v) is 9.46. The molecule has 1 aromatic carbocycles. The Kier molecular flexibility index (Phi) is 6.11. The predicted octanol–water partition coefficient (Wildman–Crippen LogP) is 2.64. The van der Waals surface area contributed by atoms with Crippen LogP contribution in [0.2, 0.25) is 0 Å². The van der Waals surface area contributed by atoms with E-state index in [0.29, 0.717) is 6.61 Å². The van der Waals surface area contributed by atoms with Gasteiger partial charge < -0.3 is 15.0 Å². The van der Waals surface area contributed by atoms with Crippen LogP contribution in [-0.2, 0) is 13.6 Å². The van der Waals surface area contributed by atoms with E-state index in [-0.39, 0.29) is 0 Å². The van der Waals surface area contributed by atoms with Crippen LogP contribution in [0.25, 0.3) is 0 Å². The van der Waals surface area contributed by atoms with Gasteiger partial charge in [0.15, 0.2) is 5.11 Å². The number of hydrogen-bond donors (Lipinski definition) is 1. The average molecular weight is 374 g/mol. The molecule has 0 atom stereocenters. The highest BCUT2D eigenvalue weighted by atomic mass is 32.1. The molecule has 1 saturated heterocycles. The molecule has 6 nitrogen and oxygen atoms in total. The van der Waals surface area contributed by atoms with Crippen LogP contribution in [0, 0.1) is 6.92 Å². The van der Waals surface area contributed by atoms with Crippen molar-refractivity contribution in [1.82, 2.24) is 19.6 Å². The van der Waals surface area contributed by atoms with Gasteiger partial charge >= 0.3 is 0 Å². The topological polar surface area (TPSA) is 45.6 Å². The van der Waals surface area contributed by atoms with Crippen molar-refractivity contribution in [2.24, 2.45) is 7.05 Å². The Labute approximate surface area is 160 Å². The summed E-state index contributed by atoms with van der Waals surface area (Å²) >= 11 is 5.58. The van der Waals surface area contributed by atoms with Crippen LogP contribution in [0.4, 0.5) is 5.69 Å². The van der Waals surface area contributed by atoms with Crippen molar-refractivity contribution in [3.8, 4) is 5.75 Å². The molecule has 0 saturated carbocycles. The minimum Gasteiger partial charge on any atom is -0.494 e. The van der Waals surface area contributed by atoms with Crippen LogP contribution < -0.4 is 10.1 Å². The summed E-state index contributed by atoms with van der Waals surface area (Å²) in [6, 6.07) is 7.92. The largest absolute Gasteiger partial charge is 0.494 e. The summed E-state index contributed by atoms with van der Waals surface area (Å²) in [5.74, 6) is 0.878. The minimum atomic E-state index is 0.675. The zero-order valence-corrected chi connectivity index (χ0v) is 16.6. The fourth-order valence-corrected chi connectivity index (χ4v) is 3.46. The van der Waals surface area contributed by atoms with Gasteiger partial charge in [-0.25, -0.2) is 0 Å². The Morgan fingerprint density at radius 1 is 1.19 bits per heavy atom. The van der Waals surface area contributed by atoms with Gasteiger partial charge in [0.2, 0.25) is 0 Å². The summed E-state index contributed by atoms with van der Waals surface area (Å²) in [6.07, 6.45) is 2.11. The molecule has 1 aliphatic rings. The third-order valence-electron chi connectivity index (χ3n) is 4.59. The Morgan fingerprint density at radius 3 is 2.46 bits per heavy atom. The molecule has 2 heterocycles. The molecule has 1 aliphatic heterocycles. The van der Waals surface area contributed by atoms with E-state index in [4.69, 9.17) is 17.0 Å². The summed E-state index contributed by atoms with van der Waals surface area (Å²) in [7, 11) is 1.97. The minimum absolute atomic E-state index is 0.675. The van der Waals surface area contributed by atoms with Gasteiger partial charge in [0.25, 0.3) is 0 Å². The molecule has 0 aliphatic carbocycles. The van der Waals surface area contributed by atoms with Crippen LogP contribution in [-0.4, -0.2) is 57.5 Å². The molecule has 0 radical (unpaired) electrons. The maximum absolute atomic E-state index is 5.58. The van der Waals surface area contributed by atoms with Crippen molar-refractivity contribution < 1.29 is 4.74 Å². The zero-order valence-electron chi connectivity index (χ0n) is 15.7. The first-order chi connectivity index (χ1) is 12.5. The Morgan fingerprint density at radius 2 is 1.88 bits per heavy atom. The molecule has 3 rings (SSSR count). The van der Waals surface area contributed by atoms with E-state index >= 15 is 0 Å². The SMILES string of the molecule is CCOc1ccc(NC(=S)N2CCN(Cc3cn(C)nc3C)CC2)cc1. The van der Waals surface area contributed by atoms with E-state index in [2.05, 4.69) is 33.3 Å². The zero-order chi connectivity index (χ0) is 18.5. The first-order valence-electron chi connectivity index (χ1n) is 9.05. The lowest BCUT2D eigenvalue weighted by molar-refractivity contribution is 0.176. The molecular weight excluding hydrogens is 346 g/mol. The fourth-order valence-electron chi connectivity index (χ4n) is 3.16. The Balaban J connectivity index is 1.48. The van der Waals surface area contributed by atoms with E-state index < -0.39 is 0 Å². The second kappa shape index (κ2) is 8.51. The number of aryl methyl sites for hydroxylation is 2. The number of benzene rings is 1. The van der Waals surface area contributed by atoms with Crippen molar-refractivity contribution in [1.29, 1.82) is 0 Å². The van der Waals surface area contributed by atoms with Crippen LogP contribution in [0.1, 0.15) is 18.2 Å². The normalized spacial score (nSPS) is 15.1. The van der Waals surface area contributed by atoms with Crippen molar-refractivity contribution in [3.63, 3.8) is 0 Å². The van der Waals surface area contributed by atoms with Crippen LogP contribution >= 0.6 is 12.2 Å². The molecule has 1 aromatic heterocycles. The van der Waals surface area contributed by atoms with E-state index in [0.717, 1.165) is 55.0 Å². The molecule has 7 heteroatoms. The average Bonchev–Trinajstić information content (AvgIpc) is 2.94. The van der Waals surface area contributed by atoms with Gasteiger partial charge in [0.05, 0.1) is 12.3 Å². The maximum atomic E-state index is 5.58. The highest BCUT2D eigenvalue weighted by Crippen LogP contribution is 2.17.